The summed E-state index contributed by atoms with van der Waals surface area (Å²) in [5, 5.41) is 4.01. The van der Waals surface area contributed by atoms with Crippen molar-refractivity contribution in [1.82, 2.24) is 15.2 Å². The third-order valence-corrected chi connectivity index (χ3v) is 6.20. The number of benzene rings is 1. The summed E-state index contributed by atoms with van der Waals surface area (Å²) in [5.41, 5.74) is 1.88. The van der Waals surface area contributed by atoms with Gasteiger partial charge in [-0.1, -0.05) is 25.8 Å². The fourth-order valence-corrected chi connectivity index (χ4v) is 4.41. The van der Waals surface area contributed by atoms with Gasteiger partial charge < -0.3 is 19.7 Å². The second-order valence-electron chi connectivity index (χ2n) is 10.4. The number of likely N-dealkylation sites (tertiary alicyclic amines) is 1. The summed E-state index contributed by atoms with van der Waals surface area (Å²) in [6.07, 6.45) is 10.6. The fourth-order valence-electron chi connectivity index (χ4n) is 4.41. The summed E-state index contributed by atoms with van der Waals surface area (Å²) < 4.78 is 11.8. The number of hydrogen-bond donors (Lipinski definition) is 1. The SMILES string of the molecule is CCCCc1cc(OC2CCN(CCCCCNC(=O)OC(C)(C)C)CC2)c2ncccc2c1. The number of pyridine rings is 1. The Bertz CT molecular complexity index is 901. The van der Waals surface area contributed by atoms with Crippen LogP contribution < -0.4 is 10.1 Å². The predicted molar refractivity (Wildman–Crippen MR) is 139 cm³/mol. The van der Waals surface area contributed by atoms with Gasteiger partial charge in [-0.2, -0.15) is 0 Å². The number of ether oxygens (including phenoxy) is 2. The number of carbonyl (C=O) groups excluding carboxylic acids is 1. The number of aromatic nitrogens is 1. The first kappa shape index (κ1) is 26.3. The van der Waals surface area contributed by atoms with Crippen molar-refractivity contribution in [2.45, 2.75) is 90.8 Å². The van der Waals surface area contributed by atoms with Gasteiger partial charge in [-0.15, -0.1) is 0 Å². The lowest BCUT2D eigenvalue weighted by Crippen LogP contribution is -2.38. The number of nitrogens with zero attached hydrogens (tertiary/aromatic N) is 2. The van der Waals surface area contributed by atoms with Gasteiger partial charge in [0, 0.05) is 31.2 Å². The van der Waals surface area contributed by atoms with E-state index >= 15 is 0 Å². The van der Waals surface area contributed by atoms with E-state index in [9.17, 15) is 4.79 Å². The molecule has 0 spiro atoms. The number of unbranched alkanes of at least 4 members (excludes halogenated alkanes) is 3. The molecule has 1 fully saturated rings. The van der Waals surface area contributed by atoms with Crippen molar-refractivity contribution in [1.29, 1.82) is 0 Å². The second-order valence-corrected chi connectivity index (χ2v) is 10.4. The van der Waals surface area contributed by atoms with Crippen molar-refractivity contribution in [3.05, 3.63) is 36.0 Å². The van der Waals surface area contributed by atoms with Crippen LogP contribution in [0.25, 0.3) is 10.9 Å². The molecule has 3 rings (SSSR count). The normalized spacial score (nSPS) is 15.4. The number of piperidine rings is 1. The first-order valence-corrected chi connectivity index (χ1v) is 13.1. The molecule has 0 bridgehead atoms. The molecule has 1 amide bonds. The van der Waals surface area contributed by atoms with E-state index in [4.69, 9.17) is 9.47 Å². The van der Waals surface area contributed by atoms with Gasteiger partial charge in [-0.3, -0.25) is 4.98 Å². The third-order valence-electron chi connectivity index (χ3n) is 6.20. The number of hydrogen-bond acceptors (Lipinski definition) is 5. The van der Waals surface area contributed by atoms with Crippen molar-refractivity contribution in [2.24, 2.45) is 0 Å². The zero-order chi connectivity index (χ0) is 24.4. The lowest BCUT2D eigenvalue weighted by Gasteiger charge is -2.32. The highest BCUT2D eigenvalue weighted by Gasteiger charge is 2.21. The first-order chi connectivity index (χ1) is 16.3. The van der Waals surface area contributed by atoms with Crippen molar-refractivity contribution in [3.8, 4) is 5.75 Å². The van der Waals surface area contributed by atoms with E-state index < -0.39 is 5.60 Å². The van der Waals surface area contributed by atoms with Crippen LogP contribution in [0.15, 0.2) is 30.5 Å². The maximum Gasteiger partial charge on any atom is 0.407 e. The summed E-state index contributed by atoms with van der Waals surface area (Å²) in [4.78, 5) is 18.8. The van der Waals surface area contributed by atoms with Crippen LogP contribution in [0, 0.1) is 0 Å². The topological polar surface area (TPSA) is 63.7 Å². The smallest absolute Gasteiger partial charge is 0.407 e. The quantitative estimate of drug-likeness (QED) is 0.402. The highest BCUT2D eigenvalue weighted by Crippen LogP contribution is 2.29. The molecule has 1 aromatic heterocycles. The number of fused-ring (bicyclic) bond motifs is 1. The van der Waals surface area contributed by atoms with E-state index in [2.05, 4.69) is 40.3 Å². The summed E-state index contributed by atoms with van der Waals surface area (Å²) in [7, 11) is 0. The molecule has 0 atom stereocenters. The van der Waals surface area contributed by atoms with Gasteiger partial charge in [0.1, 0.15) is 23.0 Å². The van der Waals surface area contributed by atoms with Gasteiger partial charge >= 0.3 is 6.09 Å². The molecule has 1 aliphatic heterocycles. The minimum absolute atomic E-state index is 0.251. The Hall–Kier alpha value is -2.34. The van der Waals surface area contributed by atoms with Crippen LogP contribution in [-0.2, 0) is 11.2 Å². The Balaban J connectivity index is 1.38. The van der Waals surface area contributed by atoms with Gasteiger partial charge in [-0.25, -0.2) is 4.79 Å². The lowest BCUT2D eigenvalue weighted by atomic mass is 10.0. The lowest BCUT2D eigenvalue weighted by molar-refractivity contribution is 0.0527. The number of aryl methyl sites for hydroxylation is 1. The molecule has 2 heterocycles. The minimum Gasteiger partial charge on any atom is -0.488 e. The monoisotopic (exact) mass is 469 g/mol. The van der Waals surface area contributed by atoms with E-state index in [1.807, 2.05) is 33.0 Å². The van der Waals surface area contributed by atoms with Gasteiger partial charge in [0.2, 0.25) is 0 Å². The Morgan fingerprint density at radius 3 is 2.68 bits per heavy atom. The average Bonchev–Trinajstić information content (AvgIpc) is 2.80. The number of rotatable bonds is 11. The fraction of sp³-hybridized carbons (Fsp3) is 0.643. The van der Waals surface area contributed by atoms with Crippen molar-refractivity contribution in [3.63, 3.8) is 0 Å². The summed E-state index contributed by atoms with van der Waals surface area (Å²) in [6, 6.07) is 8.61. The van der Waals surface area contributed by atoms with Gasteiger partial charge in [0.15, 0.2) is 0 Å². The molecule has 188 valence electrons. The standard InChI is InChI=1S/C28H43N3O3/c1-5-6-11-22-20-23-12-10-16-29-26(23)25(21-22)33-24-13-18-31(19-14-24)17-9-7-8-15-30-27(32)34-28(2,3)4/h10,12,16,20-21,24H,5-9,11,13-15,17-19H2,1-4H3,(H,30,32). The largest absolute Gasteiger partial charge is 0.488 e. The number of alkyl carbamates (subject to hydrolysis) is 1. The summed E-state index contributed by atoms with van der Waals surface area (Å²) >= 11 is 0. The molecule has 1 aromatic carbocycles. The van der Waals surface area contributed by atoms with Crippen molar-refractivity contribution < 1.29 is 14.3 Å². The van der Waals surface area contributed by atoms with E-state index in [1.165, 1.54) is 23.8 Å². The van der Waals surface area contributed by atoms with E-state index in [0.717, 1.165) is 69.4 Å². The van der Waals surface area contributed by atoms with Crippen molar-refractivity contribution >= 4 is 17.0 Å². The molecule has 34 heavy (non-hydrogen) atoms. The number of amides is 1. The molecule has 2 aromatic rings. The van der Waals surface area contributed by atoms with Crippen LogP contribution in [0.5, 0.6) is 5.75 Å². The Kier molecular flexibility index (Phi) is 10.00. The van der Waals surface area contributed by atoms with Crippen molar-refractivity contribution in [2.75, 3.05) is 26.2 Å². The highest BCUT2D eigenvalue weighted by molar-refractivity contribution is 5.85. The maximum absolute atomic E-state index is 11.7. The molecular weight excluding hydrogens is 426 g/mol. The Morgan fingerprint density at radius 2 is 1.94 bits per heavy atom. The predicted octanol–water partition coefficient (Wildman–Crippen LogP) is 6.12. The molecule has 1 aliphatic rings. The summed E-state index contributed by atoms with van der Waals surface area (Å²) in [6.45, 7) is 11.8. The van der Waals surface area contributed by atoms with E-state index in [1.54, 1.807) is 0 Å². The maximum atomic E-state index is 11.7. The molecule has 0 aliphatic carbocycles. The highest BCUT2D eigenvalue weighted by atomic mass is 16.6. The van der Waals surface area contributed by atoms with Gasteiger partial charge in [0.05, 0.1) is 0 Å². The molecule has 0 radical (unpaired) electrons. The van der Waals surface area contributed by atoms with Crippen LogP contribution in [0.1, 0.15) is 78.2 Å². The van der Waals surface area contributed by atoms with Crippen LogP contribution in [0.2, 0.25) is 0 Å². The number of carbonyl (C=O) groups is 1. The van der Waals surface area contributed by atoms with Crippen LogP contribution in [0.4, 0.5) is 4.79 Å². The molecular formula is C28H43N3O3. The molecule has 0 saturated carbocycles. The average molecular weight is 470 g/mol. The zero-order valence-corrected chi connectivity index (χ0v) is 21.6. The second kappa shape index (κ2) is 12.9. The van der Waals surface area contributed by atoms with Gasteiger partial charge in [0.25, 0.3) is 0 Å². The molecule has 1 saturated heterocycles. The Morgan fingerprint density at radius 1 is 1.15 bits per heavy atom. The van der Waals surface area contributed by atoms with Gasteiger partial charge in [-0.05, 0) is 89.6 Å². The van der Waals surface area contributed by atoms with E-state index in [0.29, 0.717) is 6.54 Å². The molecule has 6 heteroatoms. The summed E-state index contributed by atoms with van der Waals surface area (Å²) in [5.74, 6) is 0.945. The third kappa shape index (κ3) is 8.79. The van der Waals surface area contributed by atoms with Crippen LogP contribution >= 0.6 is 0 Å². The van der Waals surface area contributed by atoms with Crippen LogP contribution in [-0.4, -0.2) is 53.9 Å². The zero-order valence-electron chi connectivity index (χ0n) is 21.6. The number of nitrogens with one attached hydrogen (secondary N) is 1. The Labute approximate surface area is 205 Å². The van der Waals surface area contributed by atoms with E-state index in [-0.39, 0.29) is 12.2 Å². The minimum atomic E-state index is -0.443. The van der Waals surface area contributed by atoms with Crippen LogP contribution in [0.3, 0.4) is 0 Å². The molecule has 1 N–H and O–H groups in total. The molecule has 0 unspecified atom stereocenters. The first-order valence-electron chi connectivity index (χ1n) is 13.1. The molecule has 6 nitrogen and oxygen atoms in total.